The molecule has 9 nitrogen and oxygen atoms in total. The zero-order chi connectivity index (χ0) is 21.1. The number of aromatic nitrogens is 5. The highest BCUT2D eigenvalue weighted by Gasteiger charge is 2.14. The molecular formula is C20H19N7O2S. The molecule has 3 aromatic heterocycles. The lowest BCUT2D eigenvalue weighted by molar-refractivity contribution is -0.120. The number of benzene rings is 1. The largest absolute Gasteiger partial charge is 0.424 e. The van der Waals surface area contributed by atoms with Gasteiger partial charge in [0.1, 0.15) is 18.0 Å². The molecule has 30 heavy (non-hydrogen) atoms. The van der Waals surface area contributed by atoms with E-state index in [2.05, 4.69) is 45.5 Å². The molecule has 0 unspecified atom stereocenters. The van der Waals surface area contributed by atoms with Crippen molar-refractivity contribution in [1.82, 2.24) is 30.3 Å². The number of nitriles is 1. The molecule has 152 valence electrons. The summed E-state index contributed by atoms with van der Waals surface area (Å²) in [6.07, 6.45) is 4.26. The highest BCUT2D eigenvalue weighted by molar-refractivity contribution is 7.18. The molecular weight excluding hydrogens is 402 g/mol. The van der Waals surface area contributed by atoms with Crippen molar-refractivity contribution < 1.29 is 9.21 Å². The van der Waals surface area contributed by atoms with Gasteiger partial charge in [-0.1, -0.05) is 6.07 Å². The van der Waals surface area contributed by atoms with E-state index >= 15 is 0 Å². The Morgan fingerprint density at radius 3 is 2.90 bits per heavy atom. The van der Waals surface area contributed by atoms with Crippen LogP contribution in [0.3, 0.4) is 0 Å². The van der Waals surface area contributed by atoms with Crippen LogP contribution in [0.5, 0.6) is 0 Å². The van der Waals surface area contributed by atoms with Crippen LogP contribution in [0.15, 0.2) is 35.0 Å². The van der Waals surface area contributed by atoms with Gasteiger partial charge in [-0.25, -0.2) is 4.98 Å². The van der Waals surface area contributed by atoms with Crippen molar-refractivity contribution in [3.05, 3.63) is 47.4 Å². The molecule has 0 saturated heterocycles. The predicted molar refractivity (Wildman–Crippen MR) is 111 cm³/mol. The van der Waals surface area contributed by atoms with E-state index in [9.17, 15) is 4.79 Å². The molecule has 0 atom stereocenters. The standard InChI is InChI=1S/C20H19N7O2S/c1-12(2)27-11-14(10-23-27)13-3-4-15-16(7-13)30-20(24-15)9-19-26-25-18(29-19)8-17(28)22-6-5-21/h3-4,7,10-12H,6,8-9H2,1-2H3,(H,22,28). The fourth-order valence-corrected chi connectivity index (χ4v) is 3.89. The van der Waals surface area contributed by atoms with Crippen molar-refractivity contribution in [1.29, 1.82) is 5.26 Å². The molecule has 4 rings (SSSR count). The van der Waals surface area contributed by atoms with Crippen LogP contribution < -0.4 is 5.32 Å². The van der Waals surface area contributed by atoms with Crippen LogP contribution in [0.4, 0.5) is 0 Å². The van der Waals surface area contributed by atoms with Crippen molar-refractivity contribution in [2.75, 3.05) is 6.54 Å². The van der Waals surface area contributed by atoms with Gasteiger partial charge in [-0.15, -0.1) is 21.5 Å². The number of nitrogens with zero attached hydrogens (tertiary/aromatic N) is 6. The maximum atomic E-state index is 11.6. The van der Waals surface area contributed by atoms with E-state index in [0.717, 1.165) is 26.4 Å². The minimum Gasteiger partial charge on any atom is -0.424 e. The number of thiazole rings is 1. The van der Waals surface area contributed by atoms with Gasteiger partial charge in [0.15, 0.2) is 0 Å². The molecule has 4 aromatic rings. The van der Waals surface area contributed by atoms with Crippen molar-refractivity contribution in [3.63, 3.8) is 0 Å². The lowest BCUT2D eigenvalue weighted by atomic mass is 10.1. The summed E-state index contributed by atoms with van der Waals surface area (Å²) >= 11 is 1.57. The highest BCUT2D eigenvalue weighted by Crippen LogP contribution is 2.29. The first-order chi connectivity index (χ1) is 14.5. The average molecular weight is 421 g/mol. The fraction of sp³-hybridized carbons (Fsp3) is 0.300. The maximum absolute atomic E-state index is 11.6. The summed E-state index contributed by atoms with van der Waals surface area (Å²) in [5, 5.41) is 24.1. The van der Waals surface area contributed by atoms with Gasteiger partial charge in [-0.2, -0.15) is 10.4 Å². The highest BCUT2D eigenvalue weighted by atomic mass is 32.1. The van der Waals surface area contributed by atoms with Crippen molar-refractivity contribution >= 4 is 27.5 Å². The minimum absolute atomic E-state index is 0.0498. The Hall–Kier alpha value is -3.58. The number of hydrogen-bond donors (Lipinski definition) is 1. The zero-order valence-electron chi connectivity index (χ0n) is 16.5. The summed E-state index contributed by atoms with van der Waals surface area (Å²) in [6.45, 7) is 4.14. The third-order valence-electron chi connectivity index (χ3n) is 4.38. The zero-order valence-corrected chi connectivity index (χ0v) is 17.3. The molecule has 3 heterocycles. The molecule has 0 bridgehead atoms. The lowest BCUT2D eigenvalue weighted by Gasteiger charge is -2.03. The number of carbonyl (C=O) groups is 1. The lowest BCUT2D eigenvalue weighted by Crippen LogP contribution is -2.25. The van der Waals surface area contributed by atoms with Gasteiger partial charge in [-0.05, 0) is 31.5 Å². The molecule has 0 saturated carbocycles. The molecule has 1 N–H and O–H groups in total. The van der Waals surface area contributed by atoms with Gasteiger partial charge in [0, 0.05) is 17.8 Å². The van der Waals surface area contributed by atoms with Crippen LogP contribution in [0, 0.1) is 11.3 Å². The Kier molecular flexibility index (Phi) is 5.54. The number of rotatable bonds is 7. The first kappa shape index (κ1) is 19.7. The van der Waals surface area contributed by atoms with Crippen LogP contribution in [0.2, 0.25) is 0 Å². The molecule has 0 aliphatic heterocycles. The van der Waals surface area contributed by atoms with E-state index in [1.165, 1.54) is 0 Å². The SMILES string of the molecule is CC(C)n1cc(-c2ccc3nc(Cc4nnc(CC(=O)NCC#N)o4)sc3c2)cn1. The Morgan fingerprint density at radius 2 is 2.13 bits per heavy atom. The summed E-state index contributed by atoms with van der Waals surface area (Å²) < 4.78 is 8.54. The van der Waals surface area contributed by atoms with E-state index in [0.29, 0.717) is 18.4 Å². The molecule has 1 aromatic carbocycles. The van der Waals surface area contributed by atoms with E-state index in [-0.39, 0.29) is 24.8 Å². The van der Waals surface area contributed by atoms with Crippen LogP contribution >= 0.6 is 11.3 Å². The number of hydrogen-bond acceptors (Lipinski definition) is 8. The normalized spacial score (nSPS) is 11.1. The monoisotopic (exact) mass is 421 g/mol. The Labute approximate surface area is 176 Å². The minimum atomic E-state index is -0.333. The molecule has 0 aliphatic carbocycles. The van der Waals surface area contributed by atoms with Crippen LogP contribution in [-0.4, -0.2) is 37.4 Å². The Morgan fingerprint density at radius 1 is 1.30 bits per heavy atom. The topological polar surface area (TPSA) is 123 Å². The van der Waals surface area contributed by atoms with Crippen molar-refractivity contribution in [3.8, 4) is 17.2 Å². The first-order valence-corrected chi connectivity index (χ1v) is 10.2. The van der Waals surface area contributed by atoms with Crippen molar-refractivity contribution in [2.45, 2.75) is 32.7 Å². The van der Waals surface area contributed by atoms with Gasteiger partial charge in [0.25, 0.3) is 0 Å². The Balaban J connectivity index is 1.48. The third kappa shape index (κ3) is 4.36. The average Bonchev–Trinajstić information content (AvgIpc) is 3.45. The second-order valence-electron chi connectivity index (χ2n) is 6.97. The second-order valence-corrected chi connectivity index (χ2v) is 8.09. The smallest absolute Gasteiger partial charge is 0.230 e. The fourth-order valence-electron chi connectivity index (χ4n) is 2.90. The van der Waals surface area contributed by atoms with E-state index in [4.69, 9.17) is 9.68 Å². The van der Waals surface area contributed by atoms with Gasteiger partial charge in [0.2, 0.25) is 17.7 Å². The molecule has 0 radical (unpaired) electrons. The van der Waals surface area contributed by atoms with Gasteiger partial charge < -0.3 is 9.73 Å². The number of carbonyl (C=O) groups excluding carboxylic acids is 1. The summed E-state index contributed by atoms with van der Waals surface area (Å²) in [5.41, 5.74) is 3.07. The third-order valence-corrected chi connectivity index (χ3v) is 5.40. The predicted octanol–water partition coefficient (Wildman–Crippen LogP) is 2.90. The summed E-state index contributed by atoms with van der Waals surface area (Å²) in [7, 11) is 0. The molecule has 1 amide bonds. The van der Waals surface area contributed by atoms with Gasteiger partial charge in [0.05, 0.1) is 28.9 Å². The van der Waals surface area contributed by atoms with Crippen LogP contribution in [-0.2, 0) is 17.6 Å². The number of fused-ring (bicyclic) bond motifs is 1. The van der Waals surface area contributed by atoms with Gasteiger partial charge in [-0.3, -0.25) is 9.48 Å². The quantitative estimate of drug-likeness (QED) is 0.455. The second kappa shape index (κ2) is 8.42. The Bertz CT molecular complexity index is 1230. The molecule has 0 spiro atoms. The van der Waals surface area contributed by atoms with E-state index in [1.807, 2.05) is 35.3 Å². The summed E-state index contributed by atoms with van der Waals surface area (Å²) in [5.74, 6) is 0.279. The van der Waals surface area contributed by atoms with Crippen LogP contribution in [0.25, 0.3) is 21.3 Å². The number of amides is 1. The van der Waals surface area contributed by atoms with Crippen molar-refractivity contribution in [2.24, 2.45) is 0 Å². The van der Waals surface area contributed by atoms with Gasteiger partial charge >= 0.3 is 0 Å². The van der Waals surface area contributed by atoms with Crippen LogP contribution in [0.1, 0.15) is 36.7 Å². The molecule has 0 aliphatic rings. The summed E-state index contributed by atoms with van der Waals surface area (Å²) in [4.78, 5) is 16.3. The number of nitrogens with one attached hydrogen (secondary N) is 1. The maximum Gasteiger partial charge on any atom is 0.230 e. The molecule has 10 heteroatoms. The van der Waals surface area contributed by atoms with E-state index < -0.39 is 0 Å². The van der Waals surface area contributed by atoms with E-state index in [1.54, 1.807) is 11.3 Å². The first-order valence-electron chi connectivity index (χ1n) is 9.40. The molecule has 0 fully saturated rings. The summed E-state index contributed by atoms with van der Waals surface area (Å²) in [6, 6.07) is 8.30.